The molecule has 7 heteroatoms. The minimum Gasteiger partial charge on any atom is -0.325 e. The zero-order valence-electron chi connectivity index (χ0n) is 10.3. The van der Waals surface area contributed by atoms with Gasteiger partial charge in [0.15, 0.2) is 0 Å². The quantitative estimate of drug-likeness (QED) is 0.668. The molecule has 2 amide bonds. The highest BCUT2D eigenvalue weighted by Gasteiger charge is 2.18. The summed E-state index contributed by atoms with van der Waals surface area (Å²) < 4.78 is 0.628. The second kappa shape index (κ2) is 6.01. The lowest BCUT2D eigenvalue weighted by atomic mass is 10.1. The van der Waals surface area contributed by atoms with Crippen LogP contribution in [0.15, 0.2) is 22.7 Å². The number of nitro benzene ring substituents is 1. The van der Waals surface area contributed by atoms with Crippen molar-refractivity contribution in [3.63, 3.8) is 0 Å². The van der Waals surface area contributed by atoms with Crippen LogP contribution >= 0.6 is 15.9 Å². The van der Waals surface area contributed by atoms with E-state index in [1.165, 1.54) is 12.1 Å². The number of carbonyl (C=O) groups is 1. The first-order valence-corrected chi connectivity index (χ1v) is 6.87. The van der Waals surface area contributed by atoms with Crippen LogP contribution in [-0.2, 0) is 0 Å². The van der Waals surface area contributed by atoms with Gasteiger partial charge in [-0.2, -0.15) is 0 Å². The fourth-order valence-electron chi connectivity index (χ4n) is 2.01. The standard InChI is InChI=1S/C12H14BrN3O3/c13-10-5-4-9(16(18)19)8-11(10)14-12(17)15-6-2-1-3-7-15/h4-5,8H,1-3,6-7H2,(H,14,17). The summed E-state index contributed by atoms with van der Waals surface area (Å²) in [6, 6.07) is 4.09. The summed E-state index contributed by atoms with van der Waals surface area (Å²) in [4.78, 5) is 24.0. The van der Waals surface area contributed by atoms with Crippen molar-refractivity contribution in [1.82, 2.24) is 4.90 Å². The maximum atomic E-state index is 12.0. The molecule has 6 nitrogen and oxygen atoms in total. The number of amides is 2. The number of nitro groups is 1. The highest BCUT2D eigenvalue weighted by molar-refractivity contribution is 9.10. The first kappa shape index (κ1) is 13.8. The number of non-ortho nitro benzene ring substituents is 1. The number of piperidine rings is 1. The van der Waals surface area contributed by atoms with Gasteiger partial charge in [-0.3, -0.25) is 10.1 Å². The number of hydrogen-bond donors (Lipinski definition) is 1. The lowest BCUT2D eigenvalue weighted by Crippen LogP contribution is -2.38. The lowest BCUT2D eigenvalue weighted by molar-refractivity contribution is -0.384. The highest BCUT2D eigenvalue weighted by atomic mass is 79.9. The third-order valence-corrected chi connectivity index (χ3v) is 3.74. The van der Waals surface area contributed by atoms with Gasteiger partial charge in [0.1, 0.15) is 0 Å². The molecule has 1 fully saturated rings. The number of nitrogens with zero attached hydrogens (tertiary/aromatic N) is 2. The number of rotatable bonds is 2. The second-order valence-corrected chi connectivity index (χ2v) is 5.25. The molecule has 2 rings (SSSR count). The van der Waals surface area contributed by atoms with Crippen molar-refractivity contribution in [3.8, 4) is 0 Å². The van der Waals surface area contributed by atoms with Crippen LogP contribution in [-0.4, -0.2) is 28.9 Å². The van der Waals surface area contributed by atoms with E-state index in [0.717, 1.165) is 32.4 Å². The summed E-state index contributed by atoms with van der Waals surface area (Å²) in [5, 5.41) is 13.4. The second-order valence-electron chi connectivity index (χ2n) is 4.40. The van der Waals surface area contributed by atoms with Crippen molar-refractivity contribution in [2.45, 2.75) is 19.3 Å². The molecule has 0 radical (unpaired) electrons. The molecule has 1 aliphatic rings. The normalized spacial score (nSPS) is 15.1. The van der Waals surface area contributed by atoms with Gasteiger partial charge in [0.2, 0.25) is 0 Å². The van der Waals surface area contributed by atoms with E-state index < -0.39 is 4.92 Å². The molecule has 1 saturated heterocycles. The van der Waals surface area contributed by atoms with E-state index in [4.69, 9.17) is 0 Å². The predicted molar refractivity (Wildman–Crippen MR) is 75.2 cm³/mol. The Labute approximate surface area is 119 Å². The van der Waals surface area contributed by atoms with E-state index in [1.807, 2.05) is 0 Å². The molecule has 0 atom stereocenters. The molecule has 1 N–H and O–H groups in total. The molecule has 0 aliphatic carbocycles. The maximum Gasteiger partial charge on any atom is 0.321 e. The van der Waals surface area contributed by atoms with Gasteiger partial charge < -0.3 is 10.2 Å². The molecule has 0 spiro atoms. The number of nitrogens with one attached hydrogen (secondary N) is 1. The fraction of sp³-hybridized carbons (Fsp3) is 0.417. The van der Waals surface area contributed by atoms with Gasteiger partial charge in [0.05, 0.1) is 10.6 Å². The van der Waals surface area contributed by atoms with Gasteiger partial charge in [-0.25, -0.2) is 4.79 Å². The number of hydrogen-bond acceptors (Lipinski definition) is 3. The summed E-state index contributed by atoms with van der Waals surface area (Å²) in [7, 11) is 0. The molecule has 1 aromatic carbocycles. The number of benzene rings is 1. The predicted octanol–water partition coefficient (Wildman–Crippen LogP) is 3.38. The average molecular weight is 328 g/mol. The van der Waals surface area contributed by atoms with Crippen molar-refractivity contribution in [2.75, 3.05) is 18.4 Å². The number of urea groups is 1. The summed E-state index contributed by atoms with van der Waals surface area (Å²) in [5.74, 6) is 0. The van der Waals surface area contributed by atoms with Crippen molar-refractivity contribution in [1.29, 1.82) is 0 Å². The van der Waals surface area contributed by atoms with Crippen LogP contribution in [0.2, 0.25) is 0 Å². The van der Waals surface area contributed by atoms with Crippen LogP contribution < -0.4 is 5.32 Å². The summed E-state index contributed by atoms with van der Waals surface area (Å²) in [5.41, 5.74) is 0.377. The first-order chi connectivity index (χ1) is 9.08. The monoisotopic (exact) mass is 327 g/mol. The van der Waals surface area contributed by atoms with Gasteiger partial charge in [-0.05, 0) is 41.3 Å². The SMILES string of the molecule is O=C(Nc1cc([N+](=O)[O-])ccc1Br)N1CCCCC1. The Morgan fingerprint density at radius 2 is 2.00 bits per heavy atom. The number of carbonyl (C=O) groups excluding carboxylic acids is 1. The number of likely N-dealkylation sites (tertiary alicyclic amines) is 1. The molecular weight excluding hydrogens is 314 g/mol. The molecule has 0 unspecified atom stereocenters. The van der Waals surface area contributed by atoms with Gasteiger partial charge in [0.25, 0.3) is 5.69 Å². The topological polar surface area (TPSA) is 75.5 Å². The van der Waals surface area contributed by atoms with E-state index in [2.05, 4.69) is 21.2 Å². The van der Waals surface area contributed by atoms with E-state index in [0.29, 0.717) is 10.2 Å². The molecule has 0 aromatic heterocycles. The molecular formula is C12H14BrN3O3. The Morgan fingerprint density at radius 3 is 2.63 bits per heavy atom. The largest absolute Gasteiger partial charge is 0.325 e. The Bertz CT molecular complexity index is 501. The summed E-state index contributed by atoms with van der Waals surface area (Å²) in [6.45, 7) is 1.47. The van der Waals surface area contributed by atoms with E-state index in [1.54, 1.807) is 11.0 Å². The minimum absolute atomic E-state index is 0.0443. The Morgan fingerprint density at radius 1 is 1.32 bits per heavy atom. The van der Waals surface area contributed by atoms with Crippen LogP contribution in [0, 0.1) is 10.1 Å². The third kappa shape index (κ3) is 3.44. The molecule has 1 aromatic rings. The highest BCUT2D eigenvalue weighted by Crippen LogP contribution is 2.27. The Kier molecular flexibility index (Phi) is 4.36. The lowest BCUT2D eigenvalue weighted by Gasteiger charge is -2.26. The summed E-state index contributed by atoms with van der Waals surface area (Å²) >= 11 is 3.28. The van der Waals surface area contributed by atoms with E-state index >= 15 is 0 Å². The van der Waals surface area contributed by atoms with Gasteiger partial charge in [-0.15, -0.1) is 0 Å². The minimum atomic E-state index is -0.483. The van der Waals surface area contributed by atoms with Crippen LogP contribution in [0.1, 0.15) is 19.3 Å². The van der Waals surface area contributed by atoms with Crippen molar-refractivity contribution in [2.24, 2.45) is 0 Å². The number of halogens is 1. The van der Waals surface area contributed by atoms with Crippen LogP contribution in [0.25, 0.3) is 0 Å². The zero-order chi connectivity index (χ0) is 13.8. The first-order valence-electron chi connectivity index (χ1n) is 6.08. The smallest absolute Gasteiger partial charge is 0.321 e. The third-order valence-electron chi connectivity index (χ3n) is 3.05. The van der Waals surface area contributed by atoms with Gasteiger partial charge in [0, 0.05) is 29.7 Å². The molecule has 0 bridgehead atoms. The zero-order valence-corrected chi connectivity index (χ0v) is 11.9. The number of anilines is 1. The molecule has 1 aliphatic heterocycles. The van der Waals surface area contributed by atoms with Crippen molar-refractivity contribution in [3.05, 3.63) is 32.8 Å². The van der Waals surface area contributed by atoms with Crippen LogP contribution in [0.5, 0.6) is 0 Å². The summed E-state index contributed by atoms with van der Waals surface area (Å²) in [6.07, 6.45) is 3.15. The van der Waals surface area contributed by atoms with E-state index in [9.17, 15) is 14.9 Å². The van der Waals surface area contributed by atoms with Crippen molar-refractivity contribution >= 4 is 33.3 Å². The average Bonchev–Trinajstić information content (AvgIpc) is 2.42. The molecule has 0 saturated carbocycles. The van der Waals surface area contributed by atoms with Gasteiger partial charge >= 0.3 is 6.03 Å². The molecule has 102 valence electrons. The van der Waals surface area contributed by atoms with E-state index in [-0.39, 0.29) is 11.7 Å². The van der Waals surface area contributed by atoms with Gasteiger partial charge in [-0.1, -0.05) is 0 Å². The van der Waals surface area contributed by atoms with Crippen molar-refractivity contribution < 1.29 is 9.72 Å². The Hall–Kier alpha value is -1.63. The fourth-order valence-corrected chi connectivity index (χ4v) is 2.36. The van der Waals surface area contributed by atoms with Crippen LogP contribution in [0.3, 0.4) is 0 Å². The maximum absolute atomic E-state index is 12.0. The Balaban J connectivity index is 2.11. The van der Waals surface area contributed by atoms with Crippen LogP contribution in [0.4, 0.5) is 16.2 Å². The molecule has 1 heterocycles. The molecule has 19 heavy (non-hydrogen) atoms.